The topological polar surface area (TPSA) is 9.86 Å². The molecule has 5 aromatic rings. The Balaban J connectivity index is 1.10. The molecule has 7 rings (SSSR count). The van der Waals surface area contributed by atoms with Crippen molar-refractivity contribution in [1.29, 1.82) is 0 Å². The Morgan fingerprint density at radius 1 is 0.361 bits per heavy atom. The summed E-state index contributed by atoms with van der Waals surface area (Å²) in [4.78, 5) is 0. The van der Waals surface area contributed by atoms with Crippen LogP contribution in [0.15, 0.2) is 97.3 Å². The monoisotopic (exact) mass is 468 g/mol. The summed E-state index contributed by atoms with van der Waals surface area (Å²) in [7, 11) is 0. The molecular formula is C34H32N2. The maximum Gasteiger partial charge on any atom is 0.0452 e. The van der Waals surface area contributed by atoms with E-state index >= 15 is 0 Å². The van der Waals surface area contributed by atoms with Gasteiger partial charge < -0.3 is 9.13 Å². The molecule has 0 amide bonds. The van der Waals surface area contributed by atoms with Gasteiger partial charge in [0.15, 0.2) is 0 Å². The second-order valence-corrected chi connectivity index (χ2v) is 10.4. The molecule has 0 radical (unpaired) electrons. The van der Waals surface area contributed by atoms with Gasteiger partial charge in [-0.2, -0.15) is 0 Å². The number of nitrogens with zero attached hydrogens (tertiary/aromatic N) is 2. The first-order valence-corrected chi connectivity index (χ1v) is 13.5. The Hall–Kier alpha value is -3.78. The maximum atomic E-state index is 2.38. The molecule has 0 spiro atoms. The van der Waals surface area contributed by atoms with Gasteiger partial charge in [-0.3, -0.25) is 0 Å². The van der Waals surface area contributed by atoms with Gasteiger partial charge in [-0.05, 0) is 121 Å². The summed E-state index contributed by atoms with van der Waals surface area (Å²) in [5.74, 6) is 0. The van der Waals surface area contributed by atoms with E-state index in [1.54, 1.807) is 0 Å². The Bertz CT molecular complexity index is 1380. The van der Waals surface area contributed by atoms with Crippen molar-refractivity contribution in [1.82, 2.24) is 9.13 Å². The summed E-state index contributed by atoms with van der Waals surface area (Å²) in [6, 6.07) is 31.7. The van der Waals surface area contributed by atoms with Crippen LogP contribution in [0.2, 0.25) is 0 Å². The second kappa shape index (κ2) is 9.02. The van der Waals surface area contributed by atoms with E-state index in [9.17, 15) is 0 Å². The molecule has 36 heavy (non-hydrogen) atoms. The molecule has 0 saturated carbocycles. The van der Waals surface area contributed by atoms with Crippen molar-refractivity contribution in [3.63, 3.8) is 0 Å². The number of rotatable bonds is 4. The number of benzene rings is 3. The third-order valence-corrected chi connectivity index (χ3v) is 8.23. The minimum absolute atomic E-state index is 1.19. The highest BCUT2D eigenvalue weighted by atomic mass is 15.0. The summed E-state index contributed by atoms with van der Waals surface area (Å²) < 4.78 is 4.77. The normalized spacial score (nSPS) is 14.9. The fourth-order valence-electron chi connectivity index (χ4n) is 6.21. The number of aryl methyl sites for hydroxylation is 2. The summed E-state index contributed by atoms with van der Waals surface area (Å²) in [5, 5.41) is 0. The predicted molar refractivity (Wildman–Crippen MR) is 149 cm³/mol. The quantitative estimate of drug-likeness (QED) is 0.251. The van der Waals surface area contributed by atoms with Crippen LogP contribution in [0.25, 0.3) is 33.6 Å². The van der Waals surface area contributed by atoms with E-state index in [1.165, 1.54) is 108 Å². The number of fused-ring (bicyclic) bond motifs is 2. The van der Waals surface area contributed by atoms with Crippen LogP contribution in [-0.2, 0) is 25.7 Å². The first kappa shape index (κ1) is 21.5. The Labute approximate surface area is 213 Å². The zero-order chi connectivity index (χ0) is 23.9. The van der Waals surface area contributed by atoms with Gasteiger partial charge in [-0.1, -0.05) is 48.5 Å². The van der Waals surface area contributed by atoms with Gasteiger partial charge in [-0.15, -0.1) is 0 Å². The summed E-state index contributed by atoms with van der Waals surface area (Å²) in [6.07, 6.45) is 14.6. The zero-order valence-electron chi connectivity index (χ0n) is 20.8. The SMILES string of the molecule is c1cc(-c2ccc(-n3ccc4c3CCCC4)cc2)ccc1-c1ccc(-n2ccc3c2CCCC3)cc1. The third kappa shape index (κ3) is 3.82. The third-order valence-electron chi connectivity index (χ3n) is 8.23. The van der Waals surface area contributed by atoms with Crippen LogP contribution in [0, 0.1) is 0 Å². The summed E-state index contributed by atoms with van der Waals surface area (Å²) in [6.45, 7) is 0. The lowest BCUT2D eigenvalue weighted by Crippen LogP contribution is -2.06. The molecule has 178 valence electrons. The van der Waals surface area contributed by atoms with E-state index in [1.807, 2.05) is 0 Å². The molecule has 3 aromatic carbocycles. The molecule has 2 heteroatoms. The standard InChI is InChI=1S/C34H32N2/c1-3-7-33-29(5-1)21-23-35(33)31-17-13-27(14-18-31)25-9-11-26(12-10-25)28-15-19-32(20-16-28)36-24-22-30-6-2-4-8-34(30)36/h9-24H,1-8H2. The molecule has 2 aliphatic rings. The Kier molecular flexibility index (Phi) is 5.39. The second-order valence-electron chi connectivity index (χ2n) is 10.4. The van der Waals surface area contributed by atoms with E-state index in [-0.39, 0.29) is 0 Å². The largest absolute Gasteiger partial charge is 0.321 e. The van der Waals surface area contributed by atoms with Crippen LogP contribution in [0.1, 0.15) is 48.2 Å². The predicted octanol–water partition coefficient (Wildman–Crippen LogP) is 8.36. The van der Waals surface area contributed by atoms with Gasteiger partial charge in [0.25, 0.3) is 0 Å². The summed E-state index contributed by atoms with van der Waals surface area (Å²) in [5.41, 5.74) is 13.6. The molecule has 2 nitrogen and oxygen atoms in total. The van der Waals surface area contributed by atoms with Gasteiger partial charge in [0.05, 0.1) is 0 Å². The Morgan fingerprint density at radius 3 is 1.08 bits per heavy atom. The van der Waals surface area contributed by atoms with Crippen LogP contribution < -0.4 is 0 Å². The highest BCUT2D eigenvalue weighted by Crippen LogP contribution is 2.30. The van der Waals surface area contributed by atoms with Crippen molar-refractivity contribution in [3.8, 4) is 33.6 Å². The molecule has 2 heterocycles. The molecule has 0 aliphatic heterocycles. The molecule has 0 unspecified atom stereocenters. The fraction of sp³-hybridized carbons (Fsp3) is 0.235. The van der Waals surface area contributed by atoms with Crippen molar-refractivity contribution in [2.75, 3.05) is 0 Å². The highest BCUT2D eigenvalue weighted by molar-refractivity contribution is 5.71. The minimum atomic E-state index is 1.19. The van der Waals surface area contributed by atoms with Crippen LogP contribution in [0.4, 0.5) is 0 Å². The molecule has 0 bridgehead atoms. The first-order valence-electron chi connectivity index (χ1n) is 13.5. The van der Waals surface area contributed by atoms with Crippen LogP contribution >= 0.6 is 0 Å². The average molecular weight is 469 g/mol. The van der Waals surface area contributed by atoms with E-state index in [0.717, 1.165) is 0 Å². The smallest absolute Gasteiger partial charge is 0.0452 e. The molecule has 0 atom stereocenters. The lowest BCUT2D eigenvalue weighted by atomic mass is 9.97. The van der Waals surface area contributed by atoms with E-state index in [2.05, 4.69) is 106 Å². The average Bonchev–Trinajstić information content (AvgIpc) is 3.58. The van der Waals surface area contributed by atoms with Crippen LogP contribution in [0.3, 0.4) is 0 Å². The first-order chi connectivity index (χ1) is 17.8. The number of hydrogen-bond acceptors (Lipinski definition) is 0. The van der Waals surface area contributed by atoms with Gasteiger partial charge in [0.1, 0.15) is 0 Å². The van der Waals surface area contributed by atoms with Gasteiger partial charge in [-0.25, -0.2) is 0 Å². The Morgan fingerprint density at radius 2 is 0.694 bits per heavy atom. The van der Waals surface area contributed by atoms with Gasteiger partial charge in [0, 0.05) is 35.2 Å². The number of hydrogen-bond donors (Lipinski definition) is 0. The zero-order valence-corrected chi connectivity index (χ0v) is 20.8. The lowest BCUT2D eigenvalue weighted by molar-refractivity contribution is 0.663. The van der Waals surface area contributed by atoms with Gasteiger partial charge >= 0.3 is 0 Å². The lowest BCUT2D eigenvalue weighted by Gasteiger charge is -2.16. The van der Waals surface area contributed by atoms with Crippen molar-refractivity contribution in [2.24, 2.45) is 0 Å². The molecule has 0 fully saturated rings. The number of aromatic nitrogens is 2. The molecule has 2 aromatic heterocycles. The van der Waals surface area contributed by atoms with Gasteiger partial charge in [0.2, 0.25) is 0 Å². The summed E-state index contributed by atoms with van der Waals surface area (Å²) >= 11 is 0. The van der Waals surface area contributed by atoms with E-state index in [0.29, 0.717) is 0 Å². The highest BCUT2D eigenvalue weighted by Gasteiger charge is 2.15. The minimum Gasteiger partial charge on any atom is -0.321 e. The molecule has 0 saturated heterocycles. The van der Waals surface area contributed by atoms with Crippen molar-refractivity contribution in [3.05, 3.63) is 120 Å². The molecular weight excluding hydrogens is 436 g/mol. The maximum absolute atomic E-state index is 2.38. The van der Waals surface area contributed by atoms with E-state index < -0.39 is 0 Å². The van der Waals surface area contributed by atoms with Crippen LogP contribution in [-0.4, -0.2) is 9.13 Å². The molecule has 2 aliphatic carbocycles. The van der Waals surface area contributed by atoms with Crippen molar-refractivity contribution < 1.29 is 0 Å². The molecule has 0 N–H and O–H groups in total. The van der Waals surface area contributed by atoms with Crippen molar-refractivity contribution >= 4 is 0 Å². The van der Waals surface area contributed by atoms with E-state index in [4.69, 9.17) is 0 Å². The fourth-order valence-corrected chi connectivity index (χ4v) is 6.21. The van der Waals surface area contributed by atoms with Crippen molar-refractivity contribution in [2.45, 2.75) is 51.4 Å². The van der Waals surface area contributed by atoms with Crippen LogP contribution in [0.5, 0.6) is 0 Å².